The summed E-state index contributed by atoms with van der Waals surface area (Å²) < 4.78 is 13.5. The van der Waals surface area contributed by atoms with Gasteiger partial charge in [0.15, 0.2) is 23.1 Å². The first-order chi connectivity index (χ1) is 19.8. The van der Waals surface area contributed by atoms with E-state index in [0.717, 1.165) is 41.3 Å². The molecular weight excluding hydrogens is 568 g/mol. The average molecular weight is 599 g/mol. The van der Waals surface area contributed by atoms with Crippen LogP contribution in [0.1, 0.15) is 77.7 Å². The van der Waals surface area contributed by atoms with E-state index in [1.807, 2.05) is 36.4 Å². The molecule has 2 aliphatic rings. The molecule has 0 radical (unpaired) electrons. The van der Waals surface area contributed by atoms with Gasteiger partial charge in [0.05, 0.1) is 43.4 Å². The molecule has 0 spiro atoms. The number of fused-ring (bicyclic) bond motifs is 3. The van der Waals surface area contributed by atoms with E-state index in [-0.39, 0.29) is 48.0 Å². The molecule has 0 saturated heterocycles. The number of carboxylic acids is 1. The molecule has 10 nitrogen and oxygen atoms in total. The summed E-state index contributed by atoms with van der Waals surface area (Å²) in [5.74, 6) is 1.56. The number of carbonyl (C=O) groups is 3. The highest BCUT2D eigenvalue weighted by atomic mass is 35.5. The first-order valence-corrected chi connectivity index (χ1v) is 14.7. The molecular formula is C29H31ClN4O6S. The van der Waals surface area contributed by atoms with E-state index in [9.17, 15) is 14.4 Å². The quantitative estimate of drug-likeness (QED) is 0.295. The summed E-state index contributed by atoms with van der Waals surface area (Å²) in [4.78, 5) is 35.5. The van der Waals surface area contributed by atoms with Gasteiger partial charge in [-0.15, -0.1) is 22.0 Å². The van der Waals surface area contributed by atoms with Crippen molar-refractivity contribution in [2.75, 3.05) is 20.8 Å². The van der Waals surface area contributed by atoms with Crippen molar-refractivity contribution < 1.29 is 29.0 Å². The molecule has 12 heteroatoms. The third kappa shape index (κ3) is 6.36. The van der Waals surface area contributed by atoms with Crippen LogP contribution in [0.3, 0.4) is 0 Å². The highest BCUT2D eigenvalue weighted by Gasteiger charge is 2.38. The minimum atomic E-state index is -1.05. The van der Waals surface area contributed by atoms with Crippen molar-refractivity contribution in [2.24, 2.45) is 0 Å². The summed E-state index contributed by atoms with van der Waals surface area (Å²) in [5, 5.41) is 20.8. The lowest BCUT2D eigenvalue weighted by atomic mass is 10.0. The van der Waals surface area contributed by atoms with E-state index in [4.69, 9.17) is 26.2 Å². The number of carboxylic acid groups (broad SMARTS) is 1. The molecule has 5 rings (SSSR count). The molecule has 216 valence electrons. The fraction of sp³-hybridized carbons (Fsp3) is 0.414. The summed E-state index contributed by atoms with van der Waals surface area (Å²) in [6.07, 6.45) is 2.30. The summed E-state index contributed by atoms with van der Waals surface area (Å²) >= 11 is 8.19. The van der Waals surface area contributed by atoms with Crippen molar-refractivity contribution in [3.63, 3.8) is 0 Å². The van der Waals surface area contributed by atoms with Gasteiger partial charge in [-0.05, 0) is 49.1 Å². The molecule has 3 aromatic rings. The molecule has 2 heterocycles. The zero-order valence-corrected chi connectivity index (χ0v) is 24.3. The minimum absolute atomic E-state index is 0.119. The number of nitrogens with zero attached hydrogens (tertiary/aromatic N) is 3. The molecule has 1 aromatic heterocycles. The number of thioether (sulfide) groups is 1. The van der Waals surface area contributed by atoms with Gasteiger partial charge in [-0.1, -0.05) is 23.7 Å². The van der Waals surface area contributed by atoms with Crippen LogP contribution in [0.15, 0.2) is 36.4 Å². The smallest absolute Gasteiger partial charge is 0.303 e. The number of Topliss-reactive ketones (excluding diaryl/α,β-unsaturated/α-hetero) is 1. The Morgan fingerprint density at radius 2 is 1.83 bits per heavy atom. The van der Waals surface area contributed by atoms with Crippen molar-refractivity contribution in [1.82, 2.24) is 20.1 Å². The topological polar surface area (TPSA) is 133 Å². The van der Waals surface area contributed by atoms with Crippen LogP contribution >= 0.6 is 23.4 Å². The van der Waals surface area contributed by atoms with E-state index >= 15 is 0 Å². The molecule has 1 fully saturated rings. The Labute approximate surface area is 246 Å². The van der Waals surface area contributed by atoms with Crippen molar-refractivity contribution >= 4 is 41.0 Å². The Morgan fingerprint density at radius 1 is 1.05 bits per heavy atom. The SMILES string of the molecule is COc1cccc(C2SC(CCC(=O)NCC(=O)CCC(=O)O)c3nnc(C4CC4)n3-c3ccc(Cl)cc32)c1OC. The zero-order valence-electron chi connectivity index (χ0n) is 22.8. The maximum atomic E-state index is 12.8. The van der Waals surface area contributed by atoms with Gasteiger partial charge in [0, 0.05) is 29.3 Å². The maximum absolute atomic E-state index is 12.8. The third-order valence-electron chi connectivity index (χ3n) is 7.21. The Morgan fingerprint density at radius 3 is 2.54 bits per heavy atom. The molecule has 2 unspecified atom stereocenters. The number of halogens is 1. The van der Waals surface area contributed by atoms with Crippen LogP contribution in [-0.4, -0.2) is 58.3 Å². The largest absolute Gasteiger partial charge is 0.493 e. The van der Waals surface area contributed by atoms with Crippen LogP contribution in [0, 0.1) is 0 Å². The fourth-order valence-electron chi connectivity index (χ4n) is 5.05. The number of hydrogen-bond acceptors (Lipinski definition) is 8. The lowest BCUT2D eigenvalue weighted by molar-refractivity contribution is -0.138. The zero-order chi connectivity index (χ0) is 29.1. The standard InChI is InChI=1S/C29H31ClN4O6S/c1-39-22-5-3-4-19(26(22)40-2)27-20-14-17(30)8-10-21(20)34-28(16-6-7-16)32-33-29(34)23(41-27)11-12-24(36)31-15-18(35)9-13-25(37)38/h3-5,8,10,14,16,23,27H,6-7,9,11-13,15H2,1-2H3,(H,31,36)(H,37,38). The molecule has 2 aromatic carbocycles. The molecule has 1 aliphatic carbocycles. The fourth-order valence-corrected chi connectivity index (χ4v) is 6.75. The number of nitrogens with one attached hydrogen (secondary N) is 1. The first kappa shape index (κ1) is 28.9. The van der Waals surface area contributed by atoms with Gasteiger partial charge in [0.25, 0.3) is 0 Å². The Balaban J connectivity index is 1.48. The van der Waals surface area contributed by atoms with Gasteiger partial charge >= 0.3 is 5.97 Å². The van der Waals surface area contributed by atoms with Crippen molar-refractivity contribution in [2.45, 2.75) is 54.9 Å². The van der Waals surface area contributed by atoms with Gasteiger partial charge < -0.3 is 19.9 Å². The van der Waals surface area contributed by atoms with Crippen LogP contribution in [0.5, 0.6) is 11.5 Å². The summed E-state index contributed by atoms with van der Waals surface area (Å²) in [7, 11) is 3.21. The highest BCUT2D eigenvalue weighted by Crippen LogP contribution is 2.55. The summed E-state index contributed by atoms with van der Waals surface area (Å²) in [6.45, 7) is -0.195. The van der Waals surface area contributed by atoms with Crippen LogP contribution in [-0.2, 0) is 14.4 Å². The number of amides is 1. The van der Waals surface area contributed by atoms with Gasteiger partial charge in [-0.3, -0.25) is 19.0 Å². The Bertz CT molecular complexity index is 1470. The second kappa shape index (κ2) is 12.5. The third-order valence-corrected chi connectivity index (χ3v) is 9.00. The lowest BCUT2D eigenvalue weighted by Gasteiger charge is -2.24. The lowest BCUT2D eigenvalue weighted by Crippen LogP contribution is -2.29. The minimum Gasteiger partial charge on any atom is -0.493 e. The number of aliphatic carboxylic acids is 1. The number of ether oxygens (including phenoxy) is 2. The van der Waals surface area contributed by atoms with Gasteiger partial charge in [-0.2, -0.15) is 0 Å². The molecule has 41 heavy (non-hydrogen) atoms. The number of aromatic nitrogens is 3. The van der Waals surface area contributed by atoms with E-state index < -0.39 is 5.97 Å². The van der Waals surface area contributed by atoms with Crippen LogP contribution < -0.4 is 14.8 Å². The normalized spacial score (nSPS) is 17.6. The predicted octanol–water partition coefficient (Wildman–Crippen LogP) is 5.02. The van der Waals surface area contributed by atoms with E-state index in [2.05, 4.69) is 20.1 Å². The summed E-state index contributed by atoms with van der Waals surface area (Å²) in [5.41, 5.74) is 2.83. The van der Waals surface area contributed by atoms with Crippen molar-refractivity contribution in [3.05, 3.63) is 64.2 Å². The molecule has 0 bridgehead atoms. The highest BCUT2D eigenvalue weighted by molar-refractivity contribution is 8.00. The molecule has 1 saturated carbocycles. The number of para-hydroxylation sites is 1. The number of methoxy groups -OCH3 is 2. The molecule has 2 atom stereocenters. The van der Waals surface area contributed by atoms with Gasteiger partial charge in [0.1, 0.15) is 5.82 Å². The predicted molar refractivity (Wildman–Crippen MR) is 154 cm³/mol. The second-order valence-corrected chi connectivity index (χ2v) is 11.8. The second-order valence-electron chi connectivity index (χ2n) is 10.1. The Hall–Kier alpha value is -3.57. The van der Waals surface area contributed by atoms with Gasteiger partial charge in [0.2, 0.25) is 5.91 Å². The van der Waals surface area contributed by atoms with Crippen LogP contribution in [0.4, 0.5) is 0 Å². The number of ketones is 1. The molecule has 2 N–H and O–H groups in total. The first-order valence-electron chi connectivity index (χ1n) is 13.4. The molecule has 1 aliphatic heterocycles. The average Bonchev–Trinajstić information content (AvgIpc) is 3.74. The monoisotopic (exact) mass is 598 g/mol. The number of carbonyl (C=O) groups excluding carboxylic acids is 2. The van der Waals surface area contributed by atoms with Gasteiger partial charge in [-0.25, -0.2) is 0 Å². The number of benzene rings is 2. The van der Waals surface area contributed by atoms with E-state index in [1.165, 1.54) is 0 Å². The van der Waals surface area contributed by atoms with Crippen molar-refractivity contribution in [3.8, 4) is 17.2 Å². The van der Waals surface area contributed by atoms with E-state index in [1.54, 1.807) is 26.0 Å². The summed E-state index contributed by atoms with van der Waals surface area (Å²) in [6, 6.07) is 11.6. The van der Waals surface area contributed by atoms with Crippen LogP contribution in [0.2, 0.25) is 5.02 Å². The van der Waals surface area contributed by atoms with Crippen molar-refractivity contribution in [1.29, 1.82) is 0 Å². The number of rotatable bonds is 12. The van der Waals surface area contributed by atoms with E-state index in [0.29, 0.717) is 28.9 Å². The number of hydrogen-bond donors (Lipinski definition) is 2. The maximum Gasteiger partial charge on any atom is 0.303 e. The van der Waals surface area contributed by atoms with Crippen LogP contribution in [0.25, 0.3) is 5.69 Å². The molecule has 1 amide bonds. The Kier molecular flexibility index (Phi) is 8.84.